The molecule has 0 aliphatic rings. The van der Waals surface area contributed by atoms with Crippen LogP contribution in [-0.4, -0.2) is 4.98 Å². The fraction of sp³-hybridized carbons (Fsp3) is 0.0714. The summed E-state index contributed by atoms with van der Waals surface area (Å²) < 4.78 is 0. The van der Waals surface area contributed by atoms with Gasteiger partial charge in [-0.05, 0) is 36.8 Å². The Morgan fingerprint density at radius 3 is 2.44 bits per heavy atom. The summed E-state index contributed by atoms with van der Waals surface area (Å²) >= 11 is 0. The lowest BCUT2D eigenvalue weighted by atomic mass is 10.1. The lowest BCUT2D eigenvalue weighted by Crippen LogP contribution is -1.78. The van der Waals surface area contributed by atoms with E-state index < -0.39 is 0 Å². The Balaban J connectivity index is 0.00000128. The zero-order chi connectivity index (χ0) is 10.5. The van der Waals surface area contributed by atoms with Crippen LogP contribution in [0.5, 0.6) is 0 Å². The minimum absolute atomic E-state index is 0. The van der Waals surface area contributed by atoms with Crippen LogP contribution in [0.3, 0.4) is 0 Å². The maximum atomic E-state index is 4.01. The van der Waals surface area contributed by atoms with Gasteiger partial charge >= 0.3 is 0 Å². The van der Waals surface area contributed by atoms with E-state index >= 15 is 0 Å². The van der Waals surface area contributed by atoms with Crippen LogP contribution in [0.25, 0.3) is 0 Å². The van der Waals surface area contributed by atoms with E-state index in [4.69, 9.17) is 0 Å². The molecule has 1 aromatic heterocycles. The molecule has 1 aromatic carbocycles. The number of rotatable bonds is 0. The van der Waals surface area contributed by atoms with E-state index in [1.807, 2.05) is 24.3 Å². The molecule has 0 atom stereocenters. The quantitative estimate of drug-likeness (QED) is 0.633. The molecule has 0 aliphatic carbocycles. The van der Waals surface area contributed by atoms with Crippen LogP contribution in [0, 0.1) is 18.8 Å². The van der Waals surface area contributed by atoms with E-state index in [2.05, 4.69) is 35.9 Å². The molecule has 2 rings (SSSR count). The van der Waals surface area contributed by atoms with Gasteiger partial charge in [-0.3, -0.25) is 4.98 Å². The van der Waals surface area contributed by atoms with E-state index in [1.54, 1.807) is 12.4 Å². The fourth-order valence-electron chi connectivity index (χ4n) is 1.30. The zero-order valence-corrected chi connectivity index (χ0v) is 9.79. The van der Waals surface area contributed by atoms with Crippen molar-refractivity contribution in [3.8, 4) is 11.8 Å². The highest BCUT2D eigenvalue weighted by Gasteiger charge is 1.87. The molecule has 0 spiro atoms. The maximum absolute atomic E-state index is 4.01. The first-order chi connectivity index (χ1) is 7.34. The molecule has 0 saturated carbocycles. The number of hydrogen-bond donors (Lipinski definition) is 0. The predicted molar refractivity (Wildman–Crippen MR) is 68.6 cm³/mol. The number of aryl methyl sites for hydroxylation is 1. The summed E-state index contributed by atoms with van der Waals surface area (Å²) in [6, 6.07) is 12.0. The maximum Gasteiger partial charge on any atom is 0.0432 e. The fourth-order valence-corrected chi connectivity index (χ4v) is 1.30. The smallest absolute Gasteiger partial charge is 0.0432 e. The Morgan fingerprint density at radius 1 is 1.00 bits per heavy atom. The van der Waals surface area contributed by atoms with Crippen molar-refractivity contribution in [1.29, 1.82) is 0 Å². The molecule has 16 heavy (non-hydrogen) atoms. The van der Waals surface area contributed by atoms with Crippen LogP contribution >= 0.6 is 12.4 Å². The first-order valence-corrected chi connectivity index (χ1v) is 4.83. The Morgan fingerprint density at radius 2 is 1.75 bits per heavy atom. The van der Waals surface area contributed by atoms with Crippen LogP contribution in [-0.2, 0) is 0 Å². The van der Waals surface area contributed by atoms with E-state index in [-0.39, 0.29) is 12.4 Å². The summed E-state index contributed by atoms with van der Waals surface area (Å²) in [6.07, 6.45) is 3.51. The van der Waals surface area contributed by atoms with Crippen molar-refractivity contribution in [2.24, 2.45) is 0 Å². The number of benzene rings is 1. The number of hydrogen-bond acceptors (Lipinski definition) is 1. The van der Waals surface area contributed by atoms with Gasteiger partial charge in [-0.15, -0.1) is 12.4 Å². The second-order valence-electron chi connectivity index (χ2n) is 3.36. The molecule has 0 N–H and O–H groups in total. The molecule has 1 nitrogen and oxygen atoms in total. The summed E-state index contributed by atoms with van der Waals surface area (Å²) in [5.41, 5.74) is 3.21. The minimum Gasteiger partial charge on any atom is -0.263 e. The van der Waals surface area contributed by atoms with Gasteiger partial charge in [0.1, 0.15) is 0 Å². The molecule has 2 heteroatoms. The third-order valence-electron chi connectivity index (χ3n) is 2.03. The molecule has 0 unspecified atom stereocenters. The normalized spacial score (nSPS) is 8.56. The first-order valence-electron chi connectivity index (χ1n) is 4.83. The third kappa shape index (κ3) is 3.42. The first kappa shape index (κ1) is 12.3. The Hall–Kier alpha value is -1.78. The van der Waals surface area contributed by atoms with Crippen LogP contribution in [0.4, 0.5) is 0 Å². The van der Waals surface area contributed by atoms with Crippen LogP contribution in [0.15, 0.2) is 48.8 Å². The zero-order valence-electron chi connectivity index (χ0n) is 8.97. The highest BCUT2D eigenvalue weighted by atomic mass is 35.5. The SMILES string of the molecule is Cc1cccc(C#Cc2cccnc2)c1.Cl. The molecule has 0 amide bonds. The van der Waals surface area contributed by atoms with Crippen molar-refractivity contribution < 1.29 is 0 Å². The molecule has 80 valence electrons. The van der Waals surface area contributed by atoms with E-state index in [0.717, 1.165) is 11.1 Å². The van der Waals surface area contributed by atoms with Gasteiger partial charge < -0.3 is 0 Å². The average molecular weight is 230 g/mol. The van der Waals surface area contributed by atoms with Crippen LogP contribution in [0.1, 0.15) is 16.7 Å². The Labute approximate surface area is 102 Å². The minimum atomic E-state index is 0. The third-order valence-corrected chi connectivity index (χ3v) is 2.03. The summed E-state index contributed by atoms with van der Waals surface area (Å²) in [5, 5.41) is 0. The van der Waals surface area contributed by atoms with Gasteiger partial charge in [0, 0.05) is 23.5 Å². The Kier molecular flexibility index (Phi) is 4.57. The molecular formula is C14H12ClN. The van der Waals surface area contributed by atoms with Crippen molar-refractivity contribution in [2.75, 3.05) is 0 Å². The number of aromatic nitrogens is 1. The summed E-state index contributed by atoms with van der Waals surface area (Å²) in [4.78, 5) is 4.01. The van der Waals surface area contributed by atoms with Gasteiger partial charge in [-0.2, -0.15) is 0 Å². The van der Waals surface area contributed by atoms with Gasteiger partial charge in [0.15, 0.2) is 0 Å². The Bertz CT molecular complexity index is 509. The second-order valence-corrected chi connectivity index (χ2v) is 3.36. The molecule has 0 aliphatic heterocycles. The lowest BCUT2D eigenvalue weighted by molar-refractivity contribution is 1.31. The van der Waals surface area contributed by atoms with Gasteiger partial charge in [-0.1, -0.05) is 24.0 Å². The van der Waals surface area contributed by atoms with E-state index in [0.29, 0.717) is 0 Å². The van der Waals surface area contributed by atoms with Gasteiger partial charge in [-0.25, -0.2) is 0 Å². The molecule has 1 heterocycles. The molecular weight excluding hydrogens is 218 g/mol. The highest BCUT2D eigenvalue weighted by molar-refractivity contribution is 5.85. The molecule has 2 aromatic rings. The van der Waals surface area contributed by atoms with Crippen molar-refractivity contribution in [3.05, 3.63) is 65.5 Å². The van der Waals surface area contributed by atoms with Crippen molar-refractivity contribution in [1.82, 2.24) is 4.98 Å². The van der Waals surface area contributed by atoms with Gasteiger partial charge in [0.05, 0.1) is 0 Å². The van der Waals surface area contributed by atoms with Crippen LogP contribution < -0.4 is 0 Å². The number of halogens is 1. The van der Waals surface area contributed by atoms with Crippen LogP contribution in [0.2, 0.25) is 0 Å². The summed E-state index contributed by atoms with van der Waals surface area (Å²) in [6.45, 7) is 2.06. The van der Waals surface area contributed by atoms with E-state index in [9.17, 15) is 0 Å². The second kappa shape index (κ2) is 5.95. The number of nitrogens with zero attached hydrogens (tertiary/aromatic N) is 1. The van der Waals surface area contributed by atoms with E-state index in [1.165, 1.54) is 5.56 Å². The number of pyridine rings is 1. The van der Waals surface area contributed by atoms with Crippen molar-refractivity contribution in [2.45, 2.75) is 6.92 Å². The average Bonchev–Trinajstić information content (AvgIpc) is 2.28. The topological polar surface area (TPSA) is 12.9 Å². The molecule has 0 radical (unpaired) electrons. The molecule has 0 fully saturated rings. The van der Waals surface area contributed by atoms with Gasteiger partial charge in [0.25, 0.3) is 0 Å². The van der Waals surface area contributed by atoms with Crippen molar-refractivity contribution >= 4 is 12.4 Å². The van der Waals surface area contributed by atoms with Crippen molar-refractivity contribution in [3.63, 3.8) is 0 Å². The molecule has 0 bridgehead atoms. The predicted octanol–water partition coefficient (Wildman–Crippen LogP) is 3.21. The largest absolute Gasteiger partial charge is 0.263 e. The standard InChI is InChI=1S/C14H11N.ClH/c1-12-4-2-5-13(10-12)7-8-14-6-3-9-15-11-14;/h2-6,9-11H,1H3;1H. The summed E-state index contributed by atoms with van der Waals surface area (Å²) in [7, 11) is 0. The lowest BCUT2D eigenvalue weighted by Gasteiger charge is -1.92. The summed E-state index contributed by atoms with van der Waals surface area (Å²) in [5.74, 6) is 6.19. The molecule has 0 saturated heterocycles. The monoisotopic (exact) mass is 229 g/mol. The van der Waals surface area contributed by atoms with Gasteiger partial charge in [0.2, 0.25) is 0 Å². The highest BCUT2D eigenvalue weighted by Crippen LogP contribution is 2.02.